The Balaban J connectivity index is 1.33. The summed E-state index contributed by atoms with van der Waals surface area (Å²) in [6.07, 6.45) is 6.58. The van der Waals surface area contributed by atoms with Crippen molar-refractivity contribution >= 4 is 72.6 Å². The lowest BCUT2D eigenvalue weighted by molar-refractivity contribution is -0.133. The number of anilines is 2. The van der Waals surface area contributed by atoms with Gasteiger partial charge in [-0.3, -0.25) is 14.2 Å². The number of hydrogen-bond donors (Lipinski definition) is 0. The average molecular weight is 709 g/mol. The van der Waals surface area contributed by atoms with Gasteiger partial charge in [-0.05, 0) is 61.6 Å². The van der Waals surface area contributed by atoms with Crippen LogP contribution in [0.2, 0.25) is 10.0 Å². The molecule has 3 heterocycles. The zero-order chi connectivity index (χ0) is 30.5. The molecule has 0 spiro atoms. The van der Waals surface area contributed by atoms with Gasteiger partial charge in [0.25, 0.3) is 15.9 Å². The summed E-state index contributed by atoms with van der Waals surface area (Å²) in [5, 5.41) is 0.600. The Morgan fingerprint density at radius 1 is 1.02 bits per heavy atom. The van der Waals surface area contributed by atoms with Crippen LogP contribution >= 0.6 is 39.1 Å². The summed E-state index contributed by atoms with van der Waals surface area (Å²) < 4.78 is 32.2. The topological polar surface area (TPSA) is 95.8 Å². The number of aromatic nitrogens is 2. The third-order valence-corrected chi connectivity index (χ3v) is 11.6. The molecular weight excluding hydrogens is 677 g/mol. The Kier molecular flexibility index (Phi) is 8.40. The van der Waals surface area contributed by atoms with E-state index in [1.807, 2.05) is 24.3 Å². The van der Waals surface area contributed by atoms with Gasteiger partial charge in [0.2, 0.25) is 11.9 Å². The van der Waals surface area contributed by atoms with Crippen molar-refractivity contribution in [3.05, 3.63) is 68.7 Å². The largest absolute Gasteiger partial charge is 0.340 e. The molecule has 43 heavy (non-hydrogen) atoms. The summed E-state index contributed by atoms with van der Waals surface area (Å²) >= 11 is 16.0. The van der Waals surface area contributed by atoms with Crippen molar-refractivity contribution in [1.29, 1.82) is 0 Å². The highest BCUT2D eigenvalue weighted by atomic mass is 79.9. The van der Waals surface area contributed by atoms with Gasteiger partial charge in [0.1, 0.15) is 5.54 Å². The Hall–Kier alpha value is -2.44. The van der Waals surface area contributed by atoms with E-state index < -0.39 is 15.6 Å². The standard InChI is InChI=1S/C30H32BrCl2N5O4S/c1-30(18-21-6-8-22(31)9-7-21)28(40)37(25-16-23(32)15-24(33)17-25)29-34-19-27(38(29)30)43(41,42)36-12-10-35(11-13-36)26(39)14-20-4-2-3-5-20/h6-9,15-17,19-20H,2-5,10-14,18H2,1H3. The lowest BCUT2D eigenvalue weighted by atomic mass is 9.92. The monoisotopic (exact) mass is 707 g/mol. The van der Waals surface area contributed by atoms with Crippen molar-refractivity contribution in [1.82, 2.24) is 18.8 Å². The van der Waals surface area contributed by atoms with Gasteiger partial charge in [-0.25, -0.2) is 18.3 Å². The van der Waals surface area contributed by atoms with Gasteiger partial charge in [0, 0.05) is 53.5 Å². The smallest absolute Gasteiger partial charge is 0.260 e. The molecule has 0 N–H and O–H groups in total. The predicted molar refractivity (Wildman–Crippen MR) is 169 cm³/mol. The molecule has 1 aromatic heterocycles. The second-order valence-corrected chi connectivity index (χ2v) is 15.4. The number of halogens is 3. The van der Waals surface area contributed by atoms with Crippen LogP contribution in [0.25, 0.3) is 0 Å². The molecule has 228 valence electrons. The second kappa shape index (κ2) is 11.8. The zero-order valence-electron chi connectivity index (χ0n) is 23.7. The Labute approximate surface area is 269 Å². The fourth-order valence-corrected chi connectivity index (χ4v) is 8.90. The van der Waals surface area contributed by atoms with Crippen LogP contribution in [0.1, 0.15) is 44.6 Å². The maximum atomic E-state index is 14.3. The summed E-state index contributed by atoms with van der Waals surface area (Å²) in [5.41, 5.74) is -0.0785. The van der Waals surface area contributed by atoms with E-state index >= 15 is 0 Å². The van der Waals surface area contributed by atoms with Gasteiger partial charge in [0.05, 0.1) is 11.9 Å². The number of sulfonamides is 1. The van der Waals surface area contributed by atoms with Crippen LogP contribution in [-0.2, 0) is 31.6 Å². The summed E-state index contributed by atoms with van der Waals surface area (Å²) in [5.74, 6) is 0.349. The molecule has 1 saturated carbocycles. The number of carbonyl (C=O) groups is 2. The second-order valence-electron chi connectivity index (χ2n) is 11.7. The summed E-state index contributed by atoms with van der Waals surface area (Å²) in [6.45, 7) is 2.73. The van der Waals surface area contributed by atoms with Gasteiger partial charge in [0.15, 0.2) is 5.03 Å². The van der Waals surface area contributed by atoms with Crippen LogP contribution in [0.5, 0.6) is 0 Å². The summed E-state index contributed by atoms with van der Waals surface area (Å²) in [7, 11) is -4.07. The van der Waals surface area contributed by atoms with Gasteiger partial charge < -0.3 is 4.90 Å². The highest BCUT2D eigenvalue weighted by Gasteiger charge is 2.52. The van der Waals surface area contributed by atoms with Crippen molar-refractivity contribution in [3.63, 3.8) is 0 Å². The van der Waals surface area contributed by atoms with E-state index in [9.17, 15) is 18.0 Å². The first-order valence-corrected chi connectivity index (χ1v) is 17.4. The van der Waals surface area contributed by atoms with Crippen LogP contribution in [-0.4, -0.2) is 65.2 Å². The molecule has 13 heteroatoms. The minimum Gasteiger partial charge on any atom is -0.340 e. The molecule has 0 bridgehead atoms. The van der Waals surface area contributed by atoms with Crippen LogP contribution in [0, 0.1) is 5.92 Å². The van der Waals surface area contributed by atoms with E-state index in [1.54, 1.807) is 30.0 Å². The predicted octanol–water partition coefficient (Wildman–Crippen LogP) is 6.00. The van der Waals surface area contributed by atoms with E-state index in [1.165, 1.54) is 32.8 Å². The number of nitrogens with zero attached hydrogens (tertiary/aromatic N) is 5. The first-order valence-electron chi connectivity index (χ1n) is 14.4. The van der Waals surface area contributed by atoms with E-state index in [2.05, 4.69) is 20.9 Å². The lowest BCUT2D eigenvalue weighted by Gasteiger charge is -2.35. The molecule has 2 aromatic carbocycles. The number of hydrogen-bond acceptors (Lipinski definition) is 5. The Morgan fingerprint density at radius 3 is 2.28 bits per heavy atom. The molecular formula is C30H32BrCl2N5O4S. The van der Waals surface area contributed by atoms with Crippen molar-refractivity contribution in [2.45, 2.75) is 56.0 Å². The van der Waals surface area contributed by atoms with Crippen LogP contribution in [0.4, 0.5) is 11.6 Å². The van der Waals surface area contributed by atoms with Gasteiger partial charge >= 0.3 is 0 Å². The lowest BCUT2D eigenvalue weighted by Crippen LogP contribution is -2.51. The average Bonchev–Trinajstić information content (AvgIpc) is 3.69. The molecule has 2 aliphatic heterocycles. The first-order chi connectivity index (χ1) is 20.5. The van der Waals surface area contributed by atoms with E-state index in [4.69, 9.17) is 23.2 Å². The fourth-order valence-electron chi connectivity index (χ4n) is 6.51. The van der Waals surface area contributed by atoms with E-state index in [-0.39, 0.29) is 42.3 Å². The van der Waals surface area contributed by atoms with Crippen molar-refractivity contribution in [3.8, 4) is 0 Å². The van der Waals surface area contributed by atoms with Crippen LogP contribution < -0.4 is 4.90 Å². The Bertz CT molecular complexity index is 1650. The van der Waals surface area contributed by atoms with Crippen LogP contribution in [0.3, 0.4) is 0 Å². The number of piperazine rings is 1. The Morgan fingerprint density at radius 2 is 1.65 bits per heavy atom. The molecule has 9 nitrogen and oxygen atoms in total. The normalized spacial score (nSPS) is 21.5. The number of rotatable bonds is 7. The molecule has 6 rings (SSSR count). The molecule has 3 aliphatic rings. The third-order valence-electron chi connectivity index (χ3n) is 8.77. The van der Waals surface area contributed by atoms with E-state index in [0.29, 0.717) is 41.2 Å². The van der Waals surface area contributed by atoms with Crippen molar-refractivity contribution in [2.24, 2.45) is 5.92 Å². The maximum absolute atomic E-state index is 14.3. The molecule has 2 amide bonds. The number of imidazole rings is 1. The molecule has 2 fully saturated rings. The number of carbonyl (C=O) groups excluding carboxylic acids is 2. The summed E-state index contributed by atoms with van der Waals surface area (Å²) in [6, 6.07) is 12.3. The van der Waals surface area contributed by atoms with Crippen molar-refractivity contribution in [2.75, 3.05) is 31.1 Å². The molecule has 3 aromatic rings. The van der Waals surface area contributed by atoms with Crippen molar-refractivity contribution < 1.29 is 18.0 Å². The molecule has 1 unspecified atom stereocenters. The first kappa shape index (κ1) is 30.6. The number of amides is 2. The highest BCUT2D eigenvalue weighted by molar-refractivity contribution is 9.10. The number of benzene rings is 2. The fraction of sp³-hybridized carbons (Fsp3) is 0.433. The minimum absolute atomic E-state index is 0.0724. The van der Waals surface area contributed by atoms with Gasteiger partial charge in [-0.2, -0.15) is 4.31 Å². The van der Waals surface area contributed by atoms with Gasteiger partial charge in [-0.15, -0.1) is 0 Å². The molecule has 0 radical (unpaired) electrons. The minimum atomic E-state index is -4.07. The SMILES string of the molecule is CC1(Cc2ccc(Br)cc2)C(=O)N(c2cc(Cl)cc(Cl)c2)c2ncc(S(=O)(=O)N3CCN(C(=O)CC4CCCC4)CC3)n21. The molecule has 1 saturated heterocycles. The highest BCUT2D eigenvalue weighted by Crippen LogP contribution is 2.45. The molecule has 1 atom stereocenters. The van der Waals surface area contributed by atoms with Crippen LogP contribution in [0.15, 0.2) is 58.2 Å². The maximum Gasteiger partial charge on any atom is 0.260 e. The molecule has 1 aliphatic carbocycles. The zero-order valence-corrected chi connectivity index (χ0v) is 27.6. The van der Waals surface area contributed by atoms with Gasteiger partial charge in [-0.1, -0.05) is 64.1 Å². The third kappa shape index (κ3) is 5.75. The quantitative estimate of drug-likeness (QED) is 0.300. The van der Waals surface area contributed by atoms with E-state index in [0.717, 1.165) is 22.9 Å². The summed E-state index contributed by atoms with van der Waals surface area (Å²) in [4.78, 5) is 34.8. The number of fused-ring (bicyclic) bond motifs is 1.